The molecule has 1 aliphatic carbocycles. The molecule has 2 nitrogen and oxygen atoms in total. The summed E-state index contributed by atoms with van der Waals surface area (Å²) in [6, 6.07) is 8.95. The highest BCUT2D eigenvalue weighted by atomic mass is 32.1. The highest BCUT2D eigenvalue weighted by Crippen LogP contribution is 2.43. The van der Waals surface area contributed by atoms with Crippen LogP contribution in [0.3, 0.4) is 0 Å². The minimum absolute atomic E-state index is 0.143. The van der Waals surface area contributed by atoms with E-state index in [2.05, 4.69) is 52.0 Å². The topological polar surface area (TPSA) is 38.9 Å². The molecule has 112 valence electrons. The Bertz CT molecular complexity index is 638. The van der Waals surface area contributed by atoms with Gasteiger partial charge in [0.25, 0.3) is 0 Å². The molecule has 0 radical (unpaired) electrons. The van der Waals surface area contributed by atoms with E-state index >= 15 is 0 Å². The van der Waals surface area contributed by atoms with Crippen molar-refractivity contribution >= 4 is 11.3 Å². The molecule has 1 aliphatic rings. The highest BCUT2D eigenvalue weighted by Gasteiger charge is 2.33. The maximum Gasteiger partial charge on any atom is 0.123 e. The monoisotopic (exact) mass is 300 g/mol. The fraction of sp³-hybridized carbons (Fsp3) is 0.500. The molecule has 1 atom stereocenters. The summed E-state index contributed by atoms with van der Waals surface area (Å²) < 4.78 is 0. The summed E-state index contributed by atoms with van der Waals surface area (Å²) in [6.07, 6.45) is 2.09. The first-order chi connectivity index (χ1) is 9.85. The van der Waals surface area contributed by atoms with E-state index in [1.807, 2.05) is 0 Å². The van der Waals surface area contributed by atoms with Crippen LogP contribution >= 0.6 is 11.3 Å². The molecule has 2 aromatic rings. The standard InChI is InChI=1S/C18H24N2S/c1-11(2)12-5-7-13(8-6-12)17-20-15-10-18(3,4)9-14(19)16(15)21-17/h5-8,11,14H,9-10,19H2,1-4H3. The summed E-state index contributed by atoms with van der Waals surface area (Å²) in [4.78, 5) is 6.17. The van der Waals surface area contributed by atoms with Gasteiger partial charge in [-0.25, -0.2) is 4.98 Å². The first kappa shape index (κ1) is 14.7. The van der Waals surface area contributed by atoms with Gasteiger partial charge >= 0.3 is 0 Å². The number of benzene rings is 1. The average Bonchev–Trinajstić information content (AvgIpc) is 2.81. The van der Waals surface area contributed by atoms with Gasteiger partial charge in [0.1, 0.15) is 5.01 Å². The molecule has 0 saturated carbocycles. The molecule has 1 heterocycles. The van der Waals surface area contributed by atoms with Crippen molar-refractivity contribution in [3.8, 4) is 10.6 Å². The van der Waals surface area contributed by atoms with Crippen LogP contribution in [0.2, 0.25) is 0 Å². The fourth-order valence-electron chi connectivity index (χ4n) is 3.13. The summed E-state index contributed by atoms with van der Waals surface area (Å²) in [6.45, 7) is 9.01. The van der Waals surface area contributed by atoms with Gasteiger partial charge < -0.3 is 5.73 Å². The van der Waals surface area contributed by atoms with Crippen LogP contribution in [0, 0.1) is 5.41 Å². The van der Waals surface area contributed by atoms with Crippen molar-refractivity contribution in [2.45, 2.75) is 52.5 Å². The van der Waals surface area contributed by atoms with Gasteiger partial charge in [0.15, 0.2) is 0 Å². The van der Waals surface area contributed by atoms with Gasteiger partial charge in [-0.15, -0.1) is 11.3 Å². The third kappa shape index (κ3) is 2.90. The lowest BCUT2D eigenvalue weighted by atomic mass is 9.77. The van der Waals surface area contributed by atoms with E-state index in [4.69, 9.17) is 10.7 Å². The van der Waals surface area contributed by atoms with Crippen LogP contribution in [-0.2, 0) is 6.42 Å². The van der Waals surface area contributed by atoms with Crippen LogP contribution < -0.4 is 5.73 Å². The second-order valence-electron chi connectivity index (χ2n) is 7.26. The first-order valence-electron chi connectivity index (χ1n) is 7.71. The van der Waals surface area contributed by atoms with Crippen molar-refractivity contribution in [3.05, 3.63) is 40.4 Å². The molecule has 1 aromatic carbocycles. The zero-order valence-corrected chi connectivity index (χ0v) is 14.1. The van der Waals surface area contributed by atoms with Gasteiger partial charge in [-0.2, -0.15) is 0 Å². The van der Waals surface area contributed by atoms with Crippen molar-refractivity contribution in [2.75, 3.05) is 0 Å². The molecule has 2 N–H and O–H groups in total. The van der Waals surface area contributed by atoms with Crippen LogP contribution in [-0.4, -0.2) is 4.98 Å². The Morgan fingerprint density at radius 2 is 1.90 bits per heavy atom. The van der Waals surface area contributed by atoms with Crippen molar-refractivity contribution in [3.63, 3.8) is 0 Å². The van der Waals surface area contributed by atoms with Crippen LogP contribution in [0.1, 0.15) is 62.2 Å². The van der Waals surface area contributed by atoms with E-state index in [0.717, 1.165) is 17.8 Å². The Morgan fingerprint density at radius 3 is 2.52 bits per heavy atom. The molecule has 0 spiro atoms. The van der Waals surface area contributed by atoms with Gasteiger partial charge in [0.05, 0.1) is 5.69 Å². The zero-order valence-electron chi connectivity index (χ0n) is 13.3. The molecule has 21 heavy (non-hydrogen) atoms. The van der Waals surface area contributed by atoms with E-state index in [-0.39, 0.29) is 11.5 Å². The number of rotatable bonds is 2. The zero-order chi connectivity index (χ0) is 15.2. The summed E-state index contributed by atoms with van der Waals surface area (Å²) in [7, 11) is 0. The number of hydrogen-bond donors (Lipinski definition) is 1. The molecule has 0 aliphatic heterocycles. The molecule has 3 heteroatoms. The molecule has 3 rings (SSSR count). The van der Waals surface area contributed by atoms with Crippen molar-refractivity contribution < 1.29 is 0 Å². The van der Waals surface area contributed by atoms with Crippen molar-refractivity contribution in [1.82, 2.24) is 4.98 Å². The normalized spacial score (nSPS) is 20.6. The molecule has 1 aromatic heterocycles. The summed E-state index contributed by atoms with van der Waals surface area (Å²) in [5.74, 6) is 0.567. The minimum atomic E-state index is 0.143. The third-order valence-electron chi connectivity index (χ3n) is 4.31. The molecule has 1 unspecified atom stereocenters. The number of nitrogens with zero attached hydrogens (tertiary/aromatic N) is 1. The van der Waals surface area contributed by atoms with E-state index in [1.165, 1.54) is 21.7 Å². The Balaban J connectivity index is 1.94. The SMILES string of the molecule is CC(C)c1ccc(-c2nc3c(s2)C(N)CC(C)(C)C3)cc1. The summed E-state index contributed by atoms with van der Waals surface area (Å²) >= 11 is 1.78. The van der Waals surface area contributed by atoms with Gasteiger partial charge in [0, 0.05) is 16.5 Å². The average molecular weight is 300 g/mol. The highest BCUT2D eigenvalue weighted by molar-refractivity contribution is 7.15. The first-order valence-corrected chi connectivity index (χ1v) is 8.53. The second-order valence-corrected chi connectivity index (χ2v) is 8.29. The predicted octanol–water partition coefficient (Wildman–Crippen LogP) is 4.91. The number of hydrogen-bond acceptors (Lipinski definition) is 3. The van der Waals surface area contributed by atoms with Gasteiger partial charge in [-0.1, -0.05) is 52.0 Å². The maximum atomic E-state index is 6.35. The molecule has 0 bridgehead atoms. The lowest BCUT2D eigenvalue weighted by Crippen LogP contribution is -2.28. The number of thiazole rings is 1. The van der Waals surface area contributed by atoms with E-state index < -0.39 is 0 Å². The lowest BCUT2D eigenvalue weighted by molar-refractivity contribution is 0.282. The fourth-order valence-corrected chi connectivity index (χ4v) is 4.22. The predicted molar refractivity (Wildman–Crippen MR) is 90.7 cm³/mol. The quantitative estimate of drug-likeness (QED) is 0.856. The van der Waals surface area contributed by atoms with Crippen LogP contribution in [0.4, 0.5) is 0 Å². The molecule has 0 saturated heterocycles. The van der Waals surface area contributed by atoms with Crippen LogP contribution in [0.5, 0.6) is 0 Å². The van der Waals surface area contributed by atoms with Crippen molar-refractivity contribution in [1.29, 1.82) is 0 Å². The molecule has 0 amide bonds. The van der Waals surface area contributed by atoms with E-state index in [1.54, 1.807) is 11.3 Å². The van der Waals surface area contributed by atoms with Gasteiger partial charge in [-0.3, -0.25) is 0 Å². The third-order valence-corrected chi connectivity index (χ3v) is 5.59. The lowest BCUT2D eigenvalue weighted by Gasteiger charge is -2.32. The van der Waals surface area contributed by atoms with Crippen molar-refractivity contribution in [2.24, 2.45) is 11.1 Å². The summed E-state index contributed by atoms with van der Waals surface area (Å²) in [5.41, 5.74) is 10.4. The smallest absolute Gasteiger partial charge is 0.123 e. The van der Waals surface area contributed by atoms with Crippen LogP contribution in [0.15, 0.2) is 24.3 Å². The van der Waals surface area contributed by atoms with E-state index in [0.29, 0.717) is 5.92 Å². The minimum Gasteiger partial charge on any atom is -0.323 e. The van der Waals surface area contributed by atoms with Gasteiger partial charge in [-0.05, 0) is 29.7 Å². The second kappa shape index (κ2) is 5.22. The molecular weight excluding hydrogens is 276 g/mol. The largest absolute Gasteiger partial charge is 0.323 e. The number of nitrogens with two attached hydrogens (primary N) is 1. The number of aromatic nitrogens is 1. The summed E-state index contributed by atoms with van der Waals surface area (Å²) in [5, 5.41) is 1.11. The Morgan fingerprint density at radius 1 is 1.24 bits per heavy atom. The Labute approximate surface area is 131 Å². The molecular formula is C18H24N2S. The maximum absolute atomic E-state index is 6.35. The molecule has 0 fully saturated rings. The Hall–Kier alpha value is -1.19. The number of fused-ring (bicyclic) bond motifs is 1. The van der Waals surface area contributed by atoms with Gasteiger partial charge in [0.2, 0.25) is 0 Å². The van der Waals surface area contributed by atoms with Crippen LogP contribution in [0.25, 0.3) is 10.6 Å². The van der Waals surface area contributed by atoms with E-state index in [9.17, 15) is 0 Å². The Kier molecular flexibility index (Phi) is 3.66.